The van der Waals surface area contributed by atoms with Gasteiger partial charge >= 0.3 is 0 Å². The van der Waals surface area contributed by atoms with Gasteiger partial charge in [0.05, 0.1) is 18.7 Å². The molecule has 1 N–H and O–H groups in total. The van der Waals surface area contributed by atoms with E-state index in [1.165, 1.54) is 42.0 Å². The second kappa shape index (κ2) is 12.5. The first kappa shape index (κ1) is 27.0. The predicted octanol–water partition coefficient (Wildman–Crippen LogP) is 4.68. The SMILES string of the molecule is CCOc1ccc(NC(=O)C[C@@H]2C(=O)N(c3ccc(F)cc3)C(=S)N2CCCN2CCC(C)CC2)cc1. The number of rotatable bonds is 10. The van der Waals surface area contributed by atoms with Crippen molar-refractivity contribution in [3.8, 4) is 5.75 Å². The zero-order valence-electron chi connectivity index (χ0n) is 21.5. The van der Waals surface area contributed by atoms with Crippen molar-refractivity contribution < 1.29 is 18.7 Å². The van der Waals surface area contributed by atoms with E-state index in [2.05, 4.69) is 17.1 Å². The molecule has 0 aromatic heterocycles. The van der Waals surface area contributed by atoms with E-state index in [1.807, 2.05) is 11.8 Å². The highest BCUT2D eigenvalue weighted by Gasteiger charge is 2.43. The Morgan fingerprint density at radius 1 is 1.08 bits per heavy atom. The van der Waals surface area contributed by atoms with Gasteiger partial charge < -0.3 is 19.9 Å². The summed E-state index contributed by atoms with van der Waals surface area (Å²) >= 11 is 5.72. The van der Waals surface area contributed by atoms with Crippen molar-refractivity contribution in [3.63, 3.8) is 0 Å². The highest BCUT2D eigenvalue weighted by atomic mass is 32.1. The van der Waals surface area contributed by atoms with Gasteiger partial charge in [-0.05, 0) is 112 Å². The standard InChI is InChI=1S/C28H35FN4O3S/c1-3-36-24-11-7-22(8-12-24)30-26(34)19-25-27(35)33(23-9-5-21(29)6-10-23)28(37)32(25)16-4-15-31-17-13-20(2)14-18-31/h5-12,20,25H,3-4,13-19H2,1-2H3,(H,30,34)/t25-/m1/s1. The molecule has 0 unspecified atom stereocenters. The Bertz CT molecular complexity index is 1090. The van der Waals surface area contributed by atoms with E-state index >= 15 is 0 Å². The number of piperidine rings is 1. The topological polar surface area (TPSA) is 65.1 Å². The Labute approximate surface area is 223 Å². The van der Waals surface area contributed by atoms with Crippen LogP contribution in [0.5, 0.6) is 5.75 Å². The molecule has 2 heterocycles. The van der Waals surface area contributed by atoms with Gasteiger partial charge in [-0.2, -0.15) is 0 Å². The number of likely N-dealkylation sites (tertiary alicyclic amines) is 1. The monoisotopic (exact) mass is 526 g/mol. The number of carbonyl (C=O) groups excluding carboxylic acids is 2. The summed E-state index contributed by atoms with van der Waals surface area (Å²) < 4.78 is 19.0. The summed E-state index contributed by atoms with van der Waals surface area (Å²) in [7, 11) is 0. The quantitative estimate of drug-likeness (QED) is 0.454. The van der Waals surface area contributed by atoms with Crippen LogP contribution in [0, 0.1) is 11.7 Å². The van der Waals surface area contributed by atoms with Crippen LogP contribution in [-0.4, -0.2) is 65.6 Å². The van der Waals surface area contributed by atoms with Crippen molar-refractivity contribution in [1.82, 2.24) is 9.80 Å². The normalized spacial score (nSPS) is 18.9. The number of amides is 2. The molecular formula is C28H35FN4O3S. The first-order chi connectivity index (χ1) is 17.9. The average molecular weight is 527 g/mol. The second-order valence-corrected chi connectivity index (χ2v) is 10.1. The van der Waals surface area contributed by atoms with E-state index in [9.17, 15) is 14.0 Å². The Hall–Kier alpha value is -3.04. The number of thiocarbonyl (C=S) groups is 1. The maximum absolute atomic E-state index is 13.5. The fourth-order valence-electron chi connectivity index (χ4n) is 4.85. The van der Waals surface area contributed by atoms with Gasteiger partial charge in [-0.25, -0.2) is 4.39 Å². The summed E-state index contributed by atoms with van der Waals surface area (Å²) in [4.78, 5) is 32.2. The van der Waals surface area contributed by atoms with Gasteiger partial charge in [0.1, 0.15) is 17.6 Å². The summed E-state index contributed by atoms with van der Waals surface area (Å²) in [6.45, 7) is 8.41. The number of anilines is 2. The third-order valence-electron chi connectivity index (χ3n) is 6.98. The van der Waals surface area contributed by atoms with Gasteiger partial charge in [0.15, 0.2) is 5.11 Å². The lowest BCUT2D eigenvalue weighted by Gasteiger charge is -2.31. The van der Waals surface area contributed by atoms with Crippen LogP contribution >= 0.6 is 12.2 Å². The predicted molar refractivity (Wildman–Crippen MR) is 147 cm³/mol. The number of nitrogens with zero attached hydrogens (tertiary/aromatic N) is 3. The molecule has 2 aromatic carbocycles. The Morgan fingerprint density at radius 3 is 2.41 bits per heavy atom. The first-order valence-electron chi connectivity index (χ1n) is 13.0. The molecule has 2 amide bonds. The molecule has 0 aliphatic carbocycles. The van der Waals surface area contributed by atoms with Gasteiger partial charge in [0.2, 0.25) is 5.91 Å². The van der Waals surface area contributed by atoms with E-state index in [4.69, 9.17) is 17.0 Å². The second-order valence-electron chi connectivity index (χ2n) is 9.73. The number of benzene rings is 2. The van der Waals surface area contributed by atoms with E-state index in [-0.39, 0.29) is 24.1 Å². The fourth-order valence-corrected chi connectivity index (χ4v) is 5.27. The zero-order valence-corrected chi connectivity index (χ0v) is 22.3. The van der Waals surface area contributed by atoms with Crippen LogP contribution in [0.25, 0.3) is 0 Å². The molecule has 198 valence electrons. The van der Waals surface area contributed by atoms with E-state index < -0.39 is 6.04 Å². The smallest absolute Gasteiger partial charge is 0.256 e. The van der Waals surface area contributed by atoms with Gasteiger partial charge in [0, 0.05) is 12.2 Å². The number of ether oxygens (including phenoxy) is 1. The Morgan fingerprint density at radius 2 is 1.76 bits per heavy atom. The van der Waals surface area contributed by atoms with E-state index in [0.717, 1.165) is 37.7 Å². The summed E-state index contributed by atoms with van der Waals surface area (Å²) in [6, 6.07) is 12.1. The number of halogens is 1. The van der Waals surface area contributed by atoms with Gasteiger partial charge in [-0.1, -0.05) is 6.92 Å². The van der Waals surface area contributed by atoms with Crippen molar-refractivity contribution in [1.29, 1.82) is 0 Å². The van der Waals surface area contributed by atoms with Crippen molar-refractivity contribution in [2.24, 2.45) is 5.92 Å². The van der Waals surface area contributed by atoms with Gasteiger partial charge in [0.25, 0.3) is 5.91 Å². The molecule has 0 bridgehead atoms. The number of hydrogen-bond acceptors (Lipinski definition) is 5. The zero-order chi connectivity index (χ0) is 26.4. The molecule has 1 atom stereocenters. The van der Waals surface area contributed by atoms with Crippen molar-refractivity contribution in [2.75, 3.05) is 43.0 Å². The van der Waals surface area contributed by atoms with Crippen LogP contribution in [0.4, 0.5) is 15.8 Å². The Balaban J connectivity index is 1.44. The summed E-state index contributed by atoms with van der Waals surface area (Å²) in [5.41, 5.74) is 1.13. The van der Waals surface area contributed by atoms with Crippen LogP contribution in [-0.2, 0) is 9.59 Å². The molecule has 2 aliphatic heterocycles. The molecule has 37 heavy (non-hydrogen) atoms. The first-order valence-corrected chi connectivity index (χ1v) is 13.4. The molecule has 2 aliphatic rings. The number of nitrogens with one attached hydrogen (secondary N) is 1. The highest BCUT2D eigenvalue weighted by Crippen LogP contribution is 2.28. The summed E-state index contributed by atoms with van der Waals surface area (Å²) in [6.07, 6.45) is 3.20. The van der Waals surface area contributed by atoms with Crippen LogP contribution < -0.4 is 15.0 Å². The molecule has 0 spiro atoms. The van der Waals surface area contributed by atoms with Crippen LogP contribution in [0.3, 0.4) is 0 Å². The Kier molecular flexibility index (Phi) is 9.10. The number of hydrogen-bond donors (Lipinski definition) is 1. The lowest BCUT2D eigenvalue weighted by Crippen LogP contribution is -2.40. The molecule has 4 rings (SSSR count). The molecule has 9 heteroatoms. The third-order valence-corrected chi connectivity index (χ3v) is 7.40. The molecule has 2 saturated heterocycles. The average Bonchev–Trinajstić information content (AvgIpc) is 3.11. The van der Waals surface area contributed by atoms with E-state index in [0.29, 0.717) is 29.6 Å². The molecular weight excluding hydrogens is 491 g/mol. The molecule has 0 radical (unpaired) electrons. The molecule has 2 fully saturated rings. The largest absolute Gasteiger partial charge is 0.494 e. The van der Waals surface area contributed by atoms with Gasteiger partial charge in [-0.15, -0.1) is 0 Å². The van der Waals surface area contributed by atoms with Crippen LogP contribution in [0.1, 0.15) is 39.5 Å². The lowest BCUT2D eigenvalue weighted by molar-refractivity contribution is -0.124. The molecule has 7 nitrogen and oxygen atoms in total. The molecule has 0 saturated carbocycles. The minimum atomic E-state index is -0.721. The van der Waals surface area contributed by atoms with Crippen molar-refractivity contribution in [3.05, 3.63) is 54.3 Å². The maximum Gasteiger partial charge on any atom is 0.256 e. The molecule has 2 aromatic rings. The van der Waals surface area contributed by atoms with Crippen LogP contribution in [0.2, 0.25) is 0 Å². The maximum atomic E-state index is 13.5. The lowest BCUT2D eigenvalue weighted by atomic mass is 9.99. The minimum Gasteiger partial charge on any atom is -0.494 e. The summed E-state index contributed by atoms with van der Waals surface area (Å²) in [5, 5.41) is 3.22. The minimum absolute atomic E-state index is 0.0366. The highest BCUT2D eigenvalue weighted by molar-refractivity contribution is 7.80. The van der Waals surface area contributed by atoms with Crippen molar-refractivity contribution >= 4 is 40.5 Å². The van der Waals surface area contributed by atoms with Gasteiger partial charge in [-0.3, -0.25) is 14.5 Å². The third kappa shape index (κ3) is 6.84. The van der Waals surface area contributed by atoms with Crippen molar-refractivity contribution in [2.45, 2.75) is 45.6 Å². The van der Waals surface area contributed by atoms with E-state index in [1.54, 1.807) is 24.3 Å². The fraction of sp³-hybridized carbons (Fsp3) is 0.464. The number of carbonyl (C=O) groups is 2. The van der Waals surface area contributed by atoms with Crippen LogP contribution in [0.15, 0.2) is 48.5 Å². The summed E-state index contributed by atoms with van der Waals surface area (Å²) in [5.74, 6) is 0.551.